The first-order valence-corrected chi connectivity index (χ1v) is 7.52. The van der Waals surface area contributed by atoms with Gasteiger partial charge in [-0.15, -0.1) is 5.16 Å². The van der Waals surface area contributed by atoms with Crippen molar-refractivity contribution >= 4 is 17.8 Å². The van der Waals surface area contributed by atoms with E-state index >= 15 is 0 Å². The average molecular weight is 315 g/mol. The topological polar surface area (TPSA) is 83.6 Å². The molecule has 2 aromatic rings. The molecule has 7 nitrogen and oxygen atoms in total. The Hall–Kier alpha value is -2.70. The van der Waals surface area contributed by atoms with Crippen molar-refractivity contribution < 1.29 is 10.0 Å². The van der Waals surface area contributed by atoms with Crippen LogP contribution in [0.1, 0.15) is 26.0 Å². The van der Waals surface area contributed by atoms with Crippen molar-refractivity contribution in [3.8, 4) is 5.69 Å². The number of nitrogens with zero attached hydrogens (tertiary/aromatic N) is 5. The number of hydrogen-bond acceptors (Lipinski definition) is 5. The first-order chi connectivity index (χ1) is 11.1. The van der Waals surface area contributed by atoms with E-state index in [9.17, 15) is 4.79 Å². The Kier molecular flexibility index (Phi) is 5.46. The van der Waals surface area contributed by atoms with Gasteiger partial charge in [0.1, 0.15) is 0 Å². The third kappa shape index (κ3) is 3.74. The third-order valence-corrected chi connectivity index (χ3v) is 3.62. The fraction of sp³-hybridized carbons (Fsp3) is 0.375. The summed E-state index contributed by atoms with van der Waals surface area (Å²) in [6, 6.07) is 3.74. The average Bonchev–Trinajstić information content (AvgIpc) is 2.96. The summed E-state index contributed by atoms with van der Waals surface area (Å²) in [5.74, 6) is -0.298. The number of amides is 1. The van der Waals surface area contributed by atoms with Crippen molar-refractivity contribution in [1.29, 1.82) is 0 Å². The van der Waals surface area contributed by atoms with Crippen LogP contribution >= 0.6 is 0 Å². The summed E-state index contributed by atoms with van der Waals surface area (Å²) >= 11 is 0. The van der Waals surface area contributed by atoms with Gasteiger partial charge in [0, 0.05) is 24.9 Å². The third-order valence-electron chi connectivity index (χ3n) is 3.62. The Balaban J connectivity index is 2.28. The smallest absolute Gasteiger partial charge is 0.230 e. The molecule has 0 saturated heterocycles. The van der Waals surface area contributed by atoms with Gasteiger partial charge in [0.2, 0.25) is 5.91 Å². The SMILES string of the molecule is CCN(C(=O)C(C)C/C=N\O)c1cn(-c2cccnc2)nc1C. The summed E-state index contributed by atoms with van der Waals surface area (Å²) in [4.78, 5) is 18.4. The molecule has 0 radical (unpaired) electrons. The summed E-state index contributed by atoms with van der Waals surface area (Å²) < 4.78 is 1.72. The summed E-state index contributed by atoms with van der Waals surface area (Å²) in [6.07, 6.45) is 6.98. The lowest BCUT2D eigenvalue weighted by Crippen LogP contribution is -2.35. The molecule has 2 rings (SSSR count). The van der Waals surface area contributed by atoms with Crippen LogP contribution < -0.4 is 4.90 Å². The quantitative estimate of drug-likeness (QED) is 0.504. The number of rotatable bonds is 6. The molecule has 122 valence electrons. The van der Waals surface area contributed by atoms with Gasteiger partial charge >= 0.3 is 0 Å². The van der Waals surface area contributed by atoms with E-state index in [0.29, 0.717) is 13.0 Å². The number of oxime groups is 1. The van der Waals surface area contributed by atoms with E-state index in [1.807, 2.05) is 39.1 Å². The Morgan fingerprint density at radius 2 is 2.35 bits per heavy atom. The number of hydrogen-bond donors (Lipinski definition) is 1. The summed E-state index contributed by atoms with van der Waals surface area (Å²) in [5.41, 5.74) is 2.38. The number of carbonyl (C=O) groups is 1. The molecule has 2 aromatic heterocycles. The van der Waals surface area contributed by atoms with Gasteiger partial charge in [0.05, 0.1) is 29.5 Å². The Morgan fingerprint density at radius 1 is 1.57 bits per heavy atom. The van der Waals surface area contributed by atoms with Crippen LogP contribution in [0.15, 0.2) is 35.9 Å². The normalized spacial score (nSPS) is 12.5. The van der Waals surface area contributed by atoms with Crippen LogP contribution in [-0.4, -0.2) is 38.6 Å². The summed E-state index contributed by atoms with van der Waals surface area (Å²) in [7, 11) is 0. The van der Waals surface area contributed by atoms with Crippen LogP contribution in [0, 0.1) is 12.8 Å². The molecule has 0 aliphatic carbocycles. The van der Waals surface area contributed by atoms with Gasteiger partial charge in [-0.3, -0.25) is 9.78 Å². The first-order valence-electron chi connectivity index (χ1n) is 7.52. The predicted molar refractivity (Wildman–Crippen MR) is 88.2 cm³/mol. The standard InChI is InChI=1S/C16H21N5O2/c1-4-20(16(22)12(2)7-9-18-23)15-11-21(19-13(15)3)14-6-5-8-17-10-14/h5-6,8-12,23H,4,7H2,1-3H3/b18-9-. The highest BCUT2D eigenvalue weighted by Gasteiger charge is 2.23. The molecule has 0 aromatic carbocycles. The molecule has 1 amide bonds. The molecule has 2 heterocycles. The van der Waals surface area contributed by atoms with E-state index in [0.717, 1.165) is 17.1 Å². The maximum absolute atomic E-state index is 12.6. The van der Waals surface area contributed by atoms with Crippen LogP contribution in [0.25, 0.3) is 5.69 Å². The van der Waals surface area contributed by atoms with Crippen molar-refractivity contribution in [2.24, 2.45) is 11.1 Å². The Morgan fingerprint density at radius 3 is 2.96 bits per heavy atom. The fourth-order valence-electron chi connectivity index (χ4n) is 2.35. The maximum atomic E-state index is 12.6. The van der Waals surface area contributed by atoms with Gasteiger partial charge in [0.15, 0.2) is 0 Å². The van der Waals surface area contributed by atoms with E-state index in [1.54, 1.807) is 22.0 Å². The zero-order valence-corrected chi connectivity index (χ0v) is 13.5. The molecule has 0 aliphatic rings. The lowest BCUT2D eigenvalue weighted by atomic mass is 10.1. The van der Waals surface area contributed by atoms with Gasteiger partial charge < -0.3 is 10.1 Å². The van der Waals surface area contributed by atoms with E-state index in [2.05, 4.69) is 15.2 Å². The van der Waals surface area contributed by atoms with Crippen molar-refractivity contribution in [3.63, 3.8) is 0 Å². The molecule has 0 aliphatic heterocycles. The second kappa shape index (κ2) is 7.53. The molecule has 23 heavy (non-hydrogen) atoms. The van der Waals surface area contributed by atoms with Gasteiger partial charge in [0.25, 0.3) is 0 Å². The van der Waals surface area contributed by atoms with Gasteiger partial charge in [-0.2, -0.15) is 5.10 Å². The van der Waals surface area contributed by atoms with E-state index in [1.165, 1.54) is 6.21 Å². The number of anilines is 1. The van der Waals surface area contributed by atoms with Crippen LogP contribution in [0.5, 0.6) is 0 Å². The van der Waals surface area contributed by atoms with Crippen molar-refractivity contribution in [1.82, 2.24) is 14.8 Å². The highest BCUT2D eigenvalue weighted by molar-refractivity contribution is 5.96. The van der Waals surface area contributed by atoms with Crippen LogP contribution in [-0.2, 0) is 4.79 Å². The summed E-state index contributed by atoms with van der Waals surface area (Å²) in [5, 5.41) is 15.9. The fourth-order valence-corrected chi connectivity index (χ4v) is 2.35. The van der Waals surface area contributed by atoms with Crippen LogP contribution in [0.4, 0.5) is 5.69 Å². The molecule has 7 heteroatoms. The number of aryl methyl sites for hydroxylation is 1. The molecule has 0 saturated carbocycles. The number of aromatic nitrogens is 3. The van der Waals surface area contributed by atoms with Crippen molar-refractivity contribution in [2.45, 2.75) is 27.2 Å². The molecule has 0 spiro atoms. The van der Waals surface area contributed by atoms with Crippen molar-refractivity contribution in [2.75, 3.05) is 11.4 Å². The molecule has 1 N–H and O–H groups in total. The highest BCUT2D eigenvalue weighted by Crippen LogP contribution is 2.23. The summed E-state index contributed by atoms with van der Waals surface area (Å²) in [6.45, 7) is 6.15. The molecule has 0 bridgehead atoms. The molecular weight excluding hydrogens is 294 g/mol. The minimum atomic E-state index is -0.271. The zero-order chi connectivity index (χ0) is 16.8. The number of carbonyl (C=O) groups excluding carboxylic acids is 1. The largest absolute Gasteiger partial charge is 0.411 e. The monoisotopic (exact) mass is 315 g/mol. The molecule has 1 atom stereocenters. The highest BCUT2D eigenvalue weighted by atomic mass is 16.4. The zero-order valence-electron chi connectivity index (χ0n) is 13.5. The molecular formula is C16H21N5O2. The van der Waals surface area contributed by atoms with E-state index in [4.69, 9.17) is 5.21 Å². The second-order valence-corrected chi connectivity index (χ2v) is 5.27. The lowest BCUT2D eigenvalue weighted by Gasteiger charge is -2.23. The van der Waals surface area contributed by atoms with E-state index in [-0.39, 0.29) is 11.8 Å². The van der Waals surface area contributed by atoms with Gasteiger partial charge in [-0.05, 0) is 32.4 Å². The minimum absolute atomic E-state index is 0.0266. The number of pyridine rings is 1. The second-order valence-electron chi connectivity index (χ2n) is 5.27. The van der Waals surface area contributed by atoms with Gasteiger partial charge in [-0.1, -0.05) is 6.92 Å². The van der Waals surface area contributed by atoms with Gasteiger partial charge in [-0.25, -0.2) is 4.68 Å². The maximum Gasteiger partial charge on any atom is 0.230 e. The lowest BCUT2D eigenvalue weighted by molar-refractivity contribution is -0.121. The van der Waals surface area contributed by atoms with Crippen LogP contribution in [0.3, 0.4) is 0 Å². The Labute approximate surface area is 135 Å². The molecule has 1 unspecified atom stereocenters. The first kappa shape index (κ1) is 16.7. The van der Waals surface area contributed by atoms with Crippen molar-refractivity contribution in [3.05, 3.63) is 36.4 Å². The minimum Gasteiger partial charge on any atom is -0.411 e. The predicted octanol–water partition coefficient (Wildman–Crippen LogP) is 2.41. The molecule has 0 fully saturated rings. The van der Waals surface area contributed by atoms with E-state index < -0.39 is 0 Å². The van der Waals surface area contributed by atoms with Crippen LogP contribution in [0.2, 0.25) is 0 Å². The Bertz CT molecular complexity index is 681.